The SMILES string of the molecule is CCC(C)c1ccc(NC(N)=NCCCCn2ccccc2=O)cc1. The second-order valence-electron chi connectivity index (χ2n) is 6.26. The molecule has 0 aliphatic carbocycles. The zero-order valence-electron chi connectivity index (χ0n) is 15.1. The Morgan fingerprint density at radius 3 is 2.64 bits per heavy atom. The molecule has 0 spiro atoms. The molecule has 0 fully saturated rings. The maximum Gasteiger partial charge on any atom is 0.250 e. The van der Waals surface area contributed by atoms with Crippen LogP contribution in [0.15, 0.2) is 58.4 Å². The van der Waals surface area contributed by atoms with E-state index in [4.69, 9.17) is 5.73 Å². The monoisotopic (exact) mass is 340 g/mol. The number of nitrogens with zero attached hydrogens (tertiary/aromatic N) is 2. The summed E-state index contributed by atoms with van der Waals surface area (Å²) in [4.78, 5) is 15.9. The smallest absolute Gasteiger partial charge is 0.250 e. The Labute approximate surface area is 149 Å². The van der Waals surface area contributed by atoms with Crippen LogP contribution in [0.25, 0.3) is 0 Å². The van der Waals surface area contributed by atoms with Crippen LogP contribution in [0.5, 0.6) is 0 Å². The first-order valence-electron chi connectivity index (χ1n) is 8.92. The van der Waals surface area contributed by atoms with Crippen LogP contribution in [-0.4, -0.2) is 17.1 Å². The summed E-state index contributed by atoms with van der Waals surface area (Å²) in [6.45, 7) is 5.77. The lowest BCUT2D eigenvalue weighted by Crippen LogP contribution is -2.23. The molecular formula is C20H28N4O. The third-order valence-electron chi connectivity index (χ3n) is 4.35. The van der Waals surface area contributed by atoms with Crippen LogP contribution < -0.4 is 16.6 Å². The van der Waals surface area contributed by atoms with Gasteiger partial charge in [0.05, 0.1) is 0 Å². The van der Waals surface area contributed by atoms with E-state index in [2.05, 4.69) is 36.3 Å². The van der Waals surface area contributed by atoms with E-state index < -0.39 is 0 Å². The first kappa shape index (κ1) is 18.8. The summed E-state index contributed by atoms with van der Waals surface area (Å²) < 4.78 is 1.71. The van der Waals surface area contributed by atoms with Gasteiger partial charge in [0.2, 0.25) is 5.56 Å². The average molecular weight is 340 g/mol. The van der Waals surface area contributed by atoms with Gasteiger partial charge < -0.3 is 15.6 Å². The highest BCUT2D eigenvalue weighted by Gasteiger charge is 2.02. The number of aliphatic imine (C=N–C) groups is 1. The number of benzene rings is 1. The number of anilines is 1. The molecule has 1 atom stereocenters. The third kappa shape index (κ3) is 6.10. The van der Waals surface area contributed by atoms with E-state index in [-0.39, 0.29) is 5.56 Å². The van der Waals surface area contributed by atoms with Crippen molar-refractivity contribution in [1.29, 1.82) is 0 Å². The minimum absolute atomic E-state index is 0.0352. The molecule has 1 heterocycles. The number of pyridine rings is 1. The summed E-state index contributed by atoms with van der Waals surface area (Å²) >= 11 is 0. The fourth-order valence-corrected chi connectivity index (χ4v) is 2.56. The van der Waals surface area contributed by atoms with Gasteiger partial charge in [0.1, 0.15) is 0 Å². The zero-order chi connectivity index (χ0) is 18.1. The van der Waals surface area contributed by atoms with Gasteiger partial charge in [-0.15, -0.1) is 0 Å². The molecule has 1 aromatic carbocycles. The fourth-order valence-electron chi connectivity index (χ4n) is 2.56. The Kier molecular flexibility index (Phi) is 7.26. The van der Waals surface area contributed by atoms with Crippen molar-refractivity contribution in [1.82, 2.24) is 4.57 Å². The van der Waals surface area contributed by atoms with Crippen molar-refractivity contribution in [2.45, 2.75) is 45.6 Å². The number of aryl methyl sites for hydroxylation is 1. The summed E-state index contributed by atoms with van der Waals surface area (Å²) in [5.74, 6) is 0.991. The molecule has 1 aromatic heterocycles. The number of guanidine groups is 1. The summed E-state index contributed by atoms with van der Waals surface area (Å²) in [6.07, 6.45) is 4.72. The second kappa shape index (κ2) is 9.67. The topological polar surface area (TPSA) is 72.4 Å². The first-order chi connectivity index (χ1) is 12.1. The summed E-state index contributed by atoms with van der Waals surface area (Å²) in [7, 11) is 0. The van der Waals surface area contributed by atoms with Gasteiger partial charge in [-0.25, -0.2) is 0 Å². The number of nitrogens with two attached hydrogens (primary N) is 1. The van der Waals surface area contributed by atoms with E-state index in [0.29, 0.717) is 25.0 Å². The van der Waals surface area contributed by atoms with Gasteiger partial charge in [0.25, 0.3) is 0 Å². The number of hydrogen-bond acceptors (Lipinski definition) is 2. The Bertz CT molecular complexity index is 734. The van der Waals surface area contributed by atoms with Crippen LogP contribution >= 0.6 is 0 Å². The zero-order valence-corrected chi connectivity index (χ0v) is 15.1. The van der Waals surface area contributed by atoms with Gasteiger partial charge in [-0.1, -0.05) is 32.0 Å². The van der Waals surface area contributed by atoms with Crippen molar-refractivity contribution in [2.75, 3.05) is 11.9 Å². The highest BCUT2D eigenvalue weighted by molar-refractivity contribution is 5.92. The largest absolute Gasteiger partial charge is 0.370 e. The van der Waals surface area contributed by atoms with Crippen LogP contribution in [0.1, 0.15) is 44.6 Å². The second-order valence-corrected chi connectivity index (χ2v) is 6.26. The molecule has 2 aromatic rings. The molecule has 0 saturated carbocycles. The molecule has 0 bridgehead atoms. The number of rotatable bonds is 8. The molecule has 1 unspecified atom stereocenters. The molecule has 134 valence electrons. The number of unbranched alkanes of at least 4 members (excludes halogenated alkanes) is 1. The summed E-state index contributed by atoms with van der Waals surface area (Å²) in [5.41, 5.74) is 8.25. The van der Waals surface area contributed by atoms with Crippen molar-refractivity contribution < 1.29 is 0 Å². The van der Waals surface area contributed by atoms with Gasteiger partial charge in [0, 0.05) is 31.0 Å². The van der Waals surface area contributed by atoms with Crippen molar-refractivity contribution in [3.8, 4) is 0 Å². The van der Waals surface area contributed by atoms with Crippen LogP contribution in [-0.2, 0) is 6.54 Å². The molecule has 0 amide bonds. The minimum Gasteiger partial charge on any atom is -0.370 e. The van der Waals surface area contributed by atoms with Gasteiger partial charge in [-0.3, -0.25) is 9.79 Å². The van der Waals surface area contributed by atoms with E-state index >= 15 is 0 Å². The molecule has 0 aliphatic rings. The van der Waals surface area contributed by atoms with Crippen molar-refractivity contribution in [3.63, 3.8) is 0 Å². The van der Waals surface area contributed by atoms with Crippen LogP contribution in [0.2, 0.25) is 0 Å². The van der Waals surface area contributed by atoms with Crippen LogP contribution in [0, 0.1) is 0 Å². The first-order valence-corrected chi connectivity index (χ1v) is 8.92. The Morgan fingerprint density at radius 1 is 1.20 bits per heavy atom. The van der Waals surface area contributed by atoms with Gasteiger partial charge in [0.15, 0.2) is 5.96 Å². The van der Waals surface area contributed by atoms with Gasteiger partial charge in [-0.2, -0.15) is 0 Å². The molecule has 0 aliphatic heterocycles. The Balaban J connectivity index is 1.74. The predicted molar refractivity (Wildman–Crippen MR) is 105 cm³/mol. The molecule has 5 heteroatoms. The lowest BCUT2D eigenvalue weighted by Gasteiger charge is -2.11. The number of hydrogen-bond donors (Lipinski definition) is 2. The Hall–Kier alpha value is -2.56. The molecule has 2 rings (SSSR count). The van der Waals surface area contributed by atoms with Crippen molar-refractivity contribution in [2.24, 2.45) is 10.7 Å². The number of nitrogens with one attached hydrogen (secondary N) is 1. The summed E-state index contributed by atoms with van der Waals surface area (Å²) in [5, 5.41) is 3.12. The molecule has 25 heavy (non-hydrogen) atoms. The van der Waals surface area contributed by atoms with E-state index in [1.165, 1.54) is 5.56 Å². The molecule has 0 saturated heterocycles. The minimum atomic E-state index is 0.0352. The molecular weight excluding hydrogens is 312 g/mol. The Morgan fingerprint density at radius 2 is 1.96 bits per heavy atom. The van der Waals surface area contributed by atoms with E-state index in [0.717, 1.165) is 24.9 Å². The normalized spacial score (nSPS) is 12.8. The summed E-state index contributed by atoms with van der Waals surface area (Å²) in [6, 6.07) is 13.5. The highest BCUT2D eigenvalue weighted by atomic mass is 16.1. The molecule has 3 N–H and O–H groups in total. The number of aromatic nitrogens is 1. The maximum atomic E-state index is 11.6. The highest BCUT2D eigenvalue weighted by Crippen LogP contribution is 2.20. The van der Waals surface area contributed by atoms with Gasteiger partial charge in [-0.05, 0) is 48.9 Å². The lowest BCUT2D eigenvalue weighted by molar-refractivity contribution is 0.599. The fraction of sp³-hybridized carbons (Fsp3) is 0.400. The molecule has 5 nitrogen and oxygen atoms in total. The van der Waals surface area contributed by atoms with E-state index in [1.54, 1.807) is 16.7 Å². The third-order valence-corrected chi connectivity index (χ3v) is 4.35. The van der Waals surface area contributed by atoms with Crippen LogP contribution in [0.3, 0.4) is 0 Å². The van der Waals surface area contributed by atoms with Crippen molar-refractivity contribution in [3.05, 3.63) is 64.6 Å². The predicted octanol–water partition coefficient (Wildman–Crippen LogP) is 3.57. The van der Waals surface area contributed by atoms with Gasteiger partial charge >= 0.3 is 0 Å². The van der Waals surface area contributed by atoms with E-state index in [1.807, 2.05) is 24.4 Å². The van der Waals surface area contributed by atoms with Crippen molar-refractivity contribution >= 4 is 11.6 Å². The lowest BCUT2D eigenvalue weighted by atomic mass is 9.99. The maximum absolute atomic E-state index is 11.6. The molecule has 0 radical (unpaired) electrons. The average Bonchev–Trinajstić information content (AvgIpc) is 2.63. The quantitative estimate of drug-likeness (QED) is 0.438. The van der Waals surface area contributed by atoms with Crippen LogP contribution in [0.4, 0.5) is 5.69 Å². The standard InChI is InChI=1S/C20H28N4O/c1-3-16(2)17-9-11-18(12-10-17)23-20(21)22-13-5-7-15-24-14-6-4-8-19(24)25/h4,6,8-12,14,16H,3,5,7,13,15H2,1-2H3,(H3,21,22,23). The van der Waals surface area contributed by atoms with E-state index in [9.17, 15) is 4.79 Å².